The Hall–Kier alpha value is -1.63. The van der Waals surface area contributed by atoms with E-state index in [4.69, 9.17) is 0 Å². The topological polar surface area (TPSA) is 72.7 Å². The smallest absolute Gasteiger partial charge is 1.00 e. The van der Waals surface area contributed by atoms with Crippen molar-refractivity contribution in [2.45, 2.75) is 6.54 Å². The maximum Gasteiger partial charge on any atom is 1.00 e. The van der Waals surface area contributed by atoms with E-state index >= 15 is 0 Å². The van der Waals surface area contributed by atoms with Gasteiger partial charge >= 0.3 is 35.2 Å². The number of benzene rings is 1. The van der Waals surface area contributed by atoms with Crippen LogP contribution >= 0.6 is 0 Å². The van der Waals surface area contributed by atoms with Gasteiger partial charge in [-0.05, 0) is 5.56 Å². The molecule has 0 saturated carbocycles. The minimum Gasteiger partial charge on any atom is -1.00 e. The van der Waals surface area contributed by atoms with Crippen molar-refractivity contribution in [3.8, 4) is 0 Å². The average molecular weight is 280 g/mol. The molecule has 0 spiro atoms. The second-order valence-corrected chi connectivity index (χ2v) is 4.35. The molecular weight excluding hydrogens is 267 g/mol. The van der Waals surface area contributed by atoms with E-state index in [0.717, 1.165) is 5.56 Å². The summed E-state index contributed by atoms with van der Waals surface area (Å²) in [6, 6.07) is 9.76. The number of aryl methyl sites for hydroxylation is 1. The molecule has 0 unspecified atom stereocenters. The van der Waals surface area contributed by atoms with E-state index in [1.807, 2.05) is 30.3 Å². The van der Waals surface area contributed by atoms with Crippen LogP contribution in [0, 0.1) is 0 Å². The zero-order valence-corrected chi connectivity index (χ0v) is 13.3. The zero-order valence-electron chi connectivity index (χ0n) is 12.3. The Kier molecular flexibility index (Phi) is 4.27. The molecule has 1 N–H and O–H groups in total. The minimum atomic E-state index is -0.456. The van der Waals surface area contributed by atoms with E-state index in [1.165, 1.54) is 4.57 Å². The summed E-state index contributed by atoms with van der Waals surface area (Å²) in [6.07, 6.45) is 1.58. The molecule has 0 aliphatic rings. The van der Waals surface area contributed by atoms with Gasteiger partial charge in [-0.25, -0.2) is 9.78 Å². The van der Waals surface area contributed by atoms with Crippen LogP contribution in [0.2, 0.25) is 0 Å². The van der Waals surface area contributed by atoms with Crippen molar-refractivity contribution < 1.29 is 31.0 Å². The Labute approximate surface area is 137 Å². The Morgan fingerprint density at radius 1 is 1.25 bits per heavy atom. The Balaban J connectivity index is 0.00000110. The molecule has 2 aromatic heterocycles. The molecule has 0 atom stereocenters. The number of hydrogen-bond acceptors (Lipinski definition) is 3. The van der Waals surface area contributed by atoms with Gasteiger partial charge in [0.1, 0.15) is 0 Å². The molecule has 2 heterocycles. The maximum absolute atomic E-state index is 11.9. The molecule has 1 aromatic carbocycles. The van der Waals surface area contributed by atoms with Crippen molar-refractivity contribution in [3.05, 3.63) is 63.1 Å². The second-order valence-electron chi connectivity index (χ2n) is 4.35. The summed E-state index contributed by atoms with van der Waals surface area (Å²) < 4.78 is 3.07. The van der Waals surface area contributed by atoms with Crippen LogP contribution in [0.5, 0.6) is 0 Å². The molecule has 3 aromatic rings. The first-order valence-corrected chi connectivity index (χ1v) is 5.85. The second kappa shape index (κ2) is 5.78. The van der Waals surface area contributed by atoms with E-state index in [-0.39, 0.29) is 31.0 Å². The molecule has 0 saturated heterocycles. The Bertz CT molecular complexity index is 854. The summed E-state index contributed by atoms with van der Waals surface area (Å²) in [5.74, 6) is 0. The predicted molar refractivity (Wildman–Crippen MR) is 72.3 cm³/mol. The summed E-state index contributed by atoms with van der Waals surface area (Å²) >= 11 is 0. The first-order chi connectivity index (χ1) is 9.16. The molecule has 7 heteroatoms. The number of rotatable bonds is 2. The molecule has 0 aliphatic carbocycles. The first kappa shape index (κ1) is 14.8. The van der Waals surface area contributed by atoms with Crippen LogP contribution in [0.1, 0.15) is 6.99 Å². The molecule has 0 aliphatic heterocycles. The fraction of sp³-hybridized carbons (Fsp3) is 0.154. The van der Waals surface area contributed by atoms with Crippen LogP contribution < -0.4 is 40.8 Å². The van der Waals surface area contributed by atoms with E-state index in [2.05, 4.69) is 9.97 Å². The van der Waals surface area contributed by atoms with E-state index < -0.39 is 11.2 Å². The minimum absolute atomic E-state index is 0. The largest absolute Gasteiger partial charge is 1.00 e. The van der Waals surface area contributed by atoms with Gasteiger partial charge < -0.3 is 5.99 Å². The van der Waals surface area contributed by atoms with Crippen molar-refractivity contribution >= 4 is 11.2 Å². The summed E-state index contributed by atoms with van der Waals surface area (Å²) in [5, 5.41) is 0. The normalized spacial score (nSPS) is 10.4. The Morgan fingerprint density at radius 2 is 1.95 bits per heavy atom. The molecule has 0 amide bonds. The monoisotopic (exact) mass is 280 g/mol. The van der Waals surface area contributed by atoms with Gasteiger partial charge in [0.05, 0.1) is 6.33 Å². The quantitative estimate of drug-likeness (QED) is 0.531. The van der Waals surface area contributed by atoms with Crippen molar-refractivity contribution in [1.29, 1.82) is 0 Å². The number of nitrogens with one attached hydrogen (secondary N) is 1. The molecule has 0 fully saturated rings. The number of nitrogens with zero attached hydrogens (tertiary/aromatic N) is 3. The van der Waals surface area contributed by atoms with Crippen molar-refractivity contribution in [3.63, 3.8) is 0 Å². The Morgan fingerprint density at radius 3 is 2.65 bits per heavy atom. The van der Waals surface area contributed by atoms with E-state index in [9.17, 15) is 9.59 Å². The molecule has 3 rings (SSSR count). The molecule has 20 heavy (non-hydrogen) atoms. The number of imidazole rings is 1. The van der Waals surface area contributed by atoms with Gasteiger partial charge in [0, 0.05) is 13.6 Å². The fourth-order valence-corrected chi connectivity index (χ4v) is 2.09. The van der Waals surface area contributed by atoms with Gasteiger partial charge in [-0.2, -0.15) is 0 Å². The number of fused-ring (bicyclic) bond motifs is 1. The third kappa shape index (κ3) is 2.49. The van der Waals surface area contributed by atoms with Crippen LogP contribution in [0.4, 0.5) is 0 Å². The first-order valence-electron chi connectivity index (χ1n) is 5.85. The third-order valence-corrected chi connectivity index (χ3v) is 3.07. The third-order valence-electron chi connectivity index (χ3n) is 3.07. The van der Waals surface area contributed by atoms with Crippen LogP contribution in [0.3, 0.4) is 0 Å². The predicted octanol–water partition coefficient (Wildman–Crippen LogP) is -2.41. The molecule has 0 radical (unpaired) electrons. The SMILES string of the molecule is Cn1c(=O)[nH]c(=O)c2c1ncn2Cc1ccccc1.[H-].[Na+]. The summed E-state index contributed by atoms with van der Waals surface area (Å²) in [4.78, 5) is 29.8. The van der Waals surface area contributed by atoms with Crippen molar-refractivity contribution in [1.82, 2.24) is 19.1 Å². The summed E-state index contributed by atoms with van der Waals surface area (Å²) in [5.41, 5.74) is 1.000. The van der Waals surface area contributed by atoms with Crippen LogP contribution in [0.25, 0.3) is 11.2 Å². The number of H-pyrrole nitrogens is 1. The van der Waals surface area contributed by atoms with Gasteiger partial charge in [-0.15, -0.1) is 0 Å². The van der Waals surface area contributed by atoms with Gasteiger partial charge in [0.25, 0.3) is 5.56 Å². The number of aromatic nitrogens is 4. The average Bonchev–Trinajstić information content (AvgIpc) is 2.82. The molecule has 0 bridgehead atoms. The fourth-order valence-electron chi connectivity index (χ4n) is 2.09. The van der Waals surface area contributed by atoms with Crippen LogP contribution in [0.15, 0.2) is 46.2 Å². The maximum atomic E-state index is 11.9. The van der Waals surface area contributed by atoms with Gasteiger partial charge in [-0.1, -0.05) is 30.3 Å². The van der Waals surface area contributed by atoms with Crippen molar-refractivity contribution in [2.24, 2.45) is 7.05 Å². The van der Waals surface area contributed by atoms with Gasteiger partial charge in [0.15, 0.2) is 11.2 Å². The van der Waals surface area contributed by atoms with Gasteiger partial charge in [-0.3, -0.25) is 14.3 Å². The van der Waals surface area contributed by atoms with Crippen molar-refractivity contribution in [2.75, 3.05) is 0 Å². The zero-order chi connectivity index (χ0) is 13.4. The summed E-state index contributed by atoms with van der Waals surface area (Å²) in [7, 11) is 1.58. The number of aromatic amines is 1. The van der Waals surface area contributed by atoms with Crippen LogP contribution in [-0.2, 0) is 13.6 Å². The van der Waals surface area contributed by atoms with Gasteiger partial charge in [0.2, 0.25) is 0 Å². The molecule has 6 nitrogen and oxygen atoms in total. The van der Waals surface area contributed by atoms with Crippen LogP contribution in [-0.4, -0.2) is 19.1 Å². The number of hydrogen-bond donors (Lipinski definition) is 1. The standard InChI is InChI=1S/C13H12N4O2.Na.H/c1-16-11-10(12(18)15-13(16)19)17(8-14-11)7-9-5-3-2-4-6-9;;/h2-6,8H,7H2,1H3,(H,15,18,19);;/q;+1;-1. The molecule has 98 valence electrons. The van der Waals surface area contributed by atoms with E-state index in [1.54, 1.807) is 17.9 Å². The summed E-state index contributed by atoms with van der Waals surface area (Å²) in [6.45, 7) is 0.540. The molecular formula is C13H13N4NaO2. The van der Waals surface area contributed by atoms with E-state index in [0.29, 0.717) is 17.7 Å².